The zero-order chi connectivity index (χ0) is 25.5. The van der Waals surface area contributed by atoms with Crippen molar-refractivity contribution in [3.05, 3.63) is 92.2 Å². The second kappa shape index (κ2) is 9.85. The number of benzene rings is 3. The molecule has 3 aromatic rings. The zero-order valence-corrected chi connectivity index (χ0v) is 21.2. The summed E-state index contributed by atoms with van der Waals surface area (Å²) in [7, 11) is 0. The maximum Gasteiger partial charge on any atom is 0.255 e. The topological polar surface area (TPSA) is 82.0 Å². The monoisotopic (exact) mass is 569 g/mol. The Balaban J connectivity index is 1.49. The van der Waals surface area contributed by atoms with Crippen LogP contribution in [-0.2, 0) is 4.79 Å². The van der Waals surface area contributed by atoms with E-state index in [1.54, 1.807) is 24.3 Å². The smallest absolute Gasteiger partial charge is 0.255 e. The van der Waals surface area contributed by atoms with Gasteiger partial charge < -0.3 is 10.6 Å². The first kappa shape index (κ1) is 25.6. The molecule has 0 radical (unpaired) electrons. The molecule has 2 atom stereocenters. The van der Waals surface area contributed by atoms with Crippen molar-refractivity contribution in [1.29, 1.82) is 5.26 Å². The maximum atomic E-state index is 13.3. The van der Waals surface area contributed by atoms with Crippen molar-refractivity contribution in [2.24, 2.45) is 5.92 Å². The lowest BCUT2D eigenvalue weighted by Crippen LogP contribution is -2.18. The molecule has 1 fully saturated rings. The number of nitrogens with one attached hydrogen (secondary N) is 2. The Hall–Kier alpha value is -2.53. The fraction of sp³-hybridized carbons (Fsp3) is 0.125. The van der Waals surface area contributed by atoms with E-state index in [0.29, 0.717) is 11.3 Å². The van der Waals surface area contributed by atoms with Crippen LogP contribution in [-0.4, -0.2) is 16.1 Å². The van der Waals surface area contributed by atoms with Crippen molar-refractivity contribution in [3.63, 3.8) is 0 Å². The average Bonchev–Trinajstić information content (AvgIpc) is 3.40. The summed E-state index contributed by atoms with van der Waals surface area (Å²) in [6.45, 7) is 0. The third-order valence-corrected chi connectivity index (χ3v) is 7.58. The van der Waals surface area contributed by atoms with Gasteiger partial charge in [0.15, 0.2) is 0 Å². The third kappa shape index (κ3) is 5.20. The minimum absolute atomic E-state index is 0.0226. The standard InChI is InChI=1S/C24H13Cl5FN3O2/c25-16-8-12(9-17(26)21(16)27)19-20(24(19,28)29)23(35)32-15-3-1-2-11(7-15)22(34)33-18-5-4-14(30)6-13(18)10-31/h1-9,19-20H,(H,32,35)(H,33,34)/t19-,20+/m1/s1. The Labute approximate surface area is 224 Å². The van der Waals surface area contributed by atoms with Gasteiger partial charge in [0.05, 0.1) is 32.2 Å². The fourth-order valence-electron chi connectivity index (χ4n) is 3.69. The SMILES string of the molecule is N#Cc1cc(F)ccc1NC(=O)c1cccc(NC(=O)[C@@H]2[C@@H](c3cc(Cl)c(Cl)c(Cl)c3)C2(Cl)Cl)c1. The summed E-state index contributed by atoms with van der Waals surface area (Å²) in [5.41, 5.74) is 1.22. The molecule has 11 heteroatoms. The van der Waals surface area contributed by atoms with Gasteiger partial charge in [-0.25, -0.2) is 4.39 Å². The summed E-state index contributed by atoms with van der Waals surface area (Å²) in [6.07, 6.45) is 0. The summed E-state index contributed by atoms with van der Waals surface area (Å²) in [6, 6.07) is 14.5. The number of anilines is 2. The first-order valence-corrected chi connectivity index (χ1v) is 11.9. The van der Waals surface area contributed by atoms with E-state index in [0.717, 1.165) is 12.1 Å². The predicted molar refractivity (Wildman–Crippen MR) is 136 cm³/mol. The molecule has 0 saturated heterocycles. The maximum absolute atomic E-state index is 13.3. The summed E-state index contributed by atoms with van der Waals surface area (Å²) in [5, 5.41) is 15.0. The molecule has 0 aliphatic heterocycles. The van der Waals surface area contributed by atoms with Crippen LogP contribution in [0.1, 0.15) is 27.4 Å². The summed E-state index contributed by atoms with van der Waals surface area (Å²) in [5.74, 6) is -3.00. The molecule has 0 unspecified atom stereocenters. The molecule has 0 aromatic heterocycles. The zero-order valence-electron chi connectivity index (χ0n) is 17.4. The van der Waals surface area contributed by atoms with Crippen molar-refractivity contribution >= 4 is 81.2 Å². The van der Waals surface area contributed by atoms with Gasteiger partial charge in [-0.05, 0) is 54.1 Å². The lowest BCUT2D eigenvalue weighted by atomic mass is 10.1. The number of carbonyl (C=O) groups is 2. The third-order valence-electron chi connectivity index (χ3n) is 5.44. The molecule has 2 amide bonds. The van der Waals surface area contributed by atoms with Gasteiger partial charge in [-0.3, -0.25) is 9.59 Å². The number of amides is 2. The van der Waals surface area contributed by atoms with E-state index in [1.165, 1.54) is 18.2 Å². The van der Waals surface area contributed by atoms with Gasteiger partial charge in [-0.2, -0.15) is 5.26 Å². The summed E-state index contributed by atoms with van der Waals surface area (Å²) < 4.78 is 12.0. The second-order valence-corrected chi connectivity index (χ2v) is 10.4. The summed E-state index contributed by atoms with van der Waals surface area (Å²) >= 11 is 31.0. The lowest BCUT2D eigenvalue weighted by Gasteiger charge is -2.10. The Morgan fingerprint density at radius 1 is 0.971 bits per heavy atom. The highest BCUT2D eigenvalue weighted by Crippen LogP contribution is 2.65. The fourth-order valence-corrected chi connectivity index (χ4v) is 5.13. The molecule has 178 valence electrons. The molecule has 2 N–H and O–H groups in total. The Kier molecular flexibility index (Phi) is 7.19. The van der Waals surface area contributed by atoms with Gasteiger partial charge in [-0.15, -0.1) is 23.2 Å². The number of alkyl halides is 2. The van der Waals surface area contributed by atoms with Crippen LogP contribution in [0.25, 0.3) is 0 Å². The van der Waals surface area contributed by atoms with E-state index in [1.807, 2.05) is 6.07 Å². The minimum atomic E-state index is -1.39. The minimum Gasteiger partial charge on any atom is -0.326 e. The van der Waals surface area contributed by atoms with Crippen LogP contribution in [0.5, 0.6) is 0 Å². The summed E-state index contributed by atoms with van der Waals surface area (Å²) in [4.78, 5) is 25.6. The van der Waals surface area contributed by atoms with E-state index in [-0.39, 0.29) is 31.9 Å². The molecule has 0 heterocycles. The van der Waals surface area contributed by atoms with E-state index >= 15 is 0 Å². The molecule has 35 heavy (non-hydrogen) atoms. The van der Waals surface area contributed by atoms with Crippen molar-refractivity contribution in [1.82, 2.24) is 0 Å². The van der Waals surface area contributed by atoms with Crippen LogP contribution in [0.2, 0.25) is 15.1 Å². The molecule has 0 spiro atoms. The highest BCUT2D eigenvalue weighted by molar-refractivity contribution is 6.54. The van der Waals surface area contributed by atoms with Crippen LogP contribution in [0.4, 0.5) is 15.8 Å². The van der Waals surface area contributed by atoms with Gasteiger partial charge in [0.25, 0.3) is 5.91 Å². The largest absolute Gasteiger partial charge is 0.326 e. The van der Waals surface area contributed by atoms with Gasteiger partial charge in [0, 0.05) is 17.2 Å². The van der Waals surface area contributed by atoms with Gasteiger partial charge in [0.2, 0.25) is 5.91 Å². The predicted octanol–water partition coefficient (Wildman–Crippen LogP) is 7.44. The number of halogens is 6. The van der Waals surface area contributed by atoms with E-state index < -0.39 is 33.8 Å². The van der Waals surface area contributed by atoms with Crippen molar-refractivity contribution < 1.29 is 14.0 Å². The molecule has 0 bridgehead atoms. The molecule has 5 nitrogen and oxygen atoms in total. The Bertz CT molecular complexity index is 1380. The Morgan fingerprint density at radius 3 is 2.31 bits per heavy atom. The van der Waals surface area contributed by atoms with Gasteiger partial charge in [-0.1, -0.05) is 40.9 Å². The first-order chi connectivity index (χ1) is 16.5. The van der Waals surface area contributed by atoms with Crippen LogP contribution >= 0.6 is 58.0 Å². The molecular formula is C24H13Cl5FN3O2. The van der Waals surface area contributed by atoms with E-state index in [2.05, 4.69) is 10.6 Å². The number of carbonyl (C=O) groups excluding carboxylic acids is 2. The van der Waals surface area contributed by atoms with Gasteiger partial charge >= 0.3 is 0 Å². The average molecular weight is 572 g/mol. The van der Waals surface area contributed by atoms with Crippen LogP contribution in [0, 0.1) is 23.1 Å². The van der Waals surface area contributed by atoms with Crippen LogP contribution in [0.3, 0.4) is 0 Å². The normalized spacial score (nSPS) is 17.9. The van der Waals surface area contributed by atoms with Crippen LogP contribution in [0.15, 0.2) is 54.6 Å². The highest BCUT2D eigenvalue weighted by atomic mass is 35.5. The van der Waals surface area contributed by atoms with Crippen molar-refractivity contribution in [2.75, 3.05) is 10.6 Å². The number of nitriles is 1. The molecule has 1 aliphatic carbocycles. The molecule has 3 aromatic carbocycles. The number of nitrogens with zero attached hydrogens (tertiary/aromatic N) is 1. The van der Waals surface area contributed by atoms with Gasteiger partial charge in [0.1, 0.15) is 16.2 Å². The lowest BCUT2D eigenvalue weighted by molar-refractivity contribution is -0.117. The molecule has 4 rings (SSSR count). The van der Waals surface area contributed by atoms with E-state index in [9.17, 15) is 14.0 Å². The highest BCUT2D eigenvalue weighted by Gasteiger charge is 2.67. The molecule has 1 saturated carbocycles. The quantitative estimate of drug-likeness (QED) is 0.247. The second-order valence-electron chi connectivity index (χ2n) is 7.75. The Morgan fingerprint density at radius 2 is 1.66 bits per heavy atom. The first-order valence-electron chi connectivity index (χ1n) is 9.97. The molecule has 1 aliphatic rings. The van der Waals surface area contributed by atoms with E-state index in [4.69, 9.17) is 63.3 Å². The van der Waals surface area contributed by atoms with Crippen molar-refractivity contribution in [3.8, 4) is 6.07 Å². The number of rotatable bonds is 5. The number of hydrogen-bond donors (Lipinski definition) is 2. The molecular weight excluding hydrogens is 559 g/mol. The number of hydrogen-bond acceptors (Lipinski definition) is 3. The van der Waals surface area contributed by atoms with Crippen LogP contribution < -0.4 is 10.6 Å². The van der Waals surface area contributed by atoms with Crippen molar-refractivity contribution in [2.45, 2.75) is 10.3 Å².